The van der Waals surface area contributed by atoms with Gasteiger partial charge in [0.1, 0.15) is 0 Å². The van der Waals surface area contributed by atoms with Crippen LogP contribution in [-0.4, -0.2) is 27.3 Å². The molecule has 0 radical (unpaired) electrons. The molecule has 0 saturated heterocycles. The Balaban J connectivity index is 1.79. The van der Waals surface area contributed by atoms with Gasteiger partial charge in [-0.25, -0.2) is 8.42 Å². The monoisotopic (exact) mass is 425 g/mol. The molecule has 0 aliphatic rings. The van der Waals surface area contributed by atoms with Crippen LogP contribution in [0.25, 0.3) is 0 Å². The number of halogens is 1. The highest BCUT2D eigenvalue weighted by Gasteiger charge is 2.08. The molecule has 25 heavy (non-hydrogen) atoms. The lowest BCUT2D eigenvalue weighted by atomic mass is 10.1. The standard InChI is InChI=1S/C18H24BrN3O2S/c1-3-25(23,24)22-17-9-7-15(8-10-17)14(2)20-11-12-21-18-6-4-5-16(19)13-18/h4-10,13-14,20-22H,3,11-12H2,1-2H3. The van der Waals surface area contributed by atoms with E-state index in [9.17, 15) is 8.42 Å². The Morgan fingerprint density at radius 3 is 2.40 bits per heavy atom. The van der Waals surface area contributed by atoms with E-state index in [1.807, 2.05) is 36.4 Å². The average Bonchev–Trinajstić information content (AvgIpc) is 2.59. The van der Waals surface area contributed by atoms with Crippen molar-refractivity contribution in [3.05, 3.63) is 58.6 Å². The molecule has 1 unspecified atom stereocenters. The van der Waals surface area contributed by atoms with Gasteiger partial charge in [-0.05, 0) is 49.7 Å². The summed E-state index contributed by atoms with van der Waals surface area (Å²) >= 11 is 3.45. The molecule has 0 amide bonds. The first kappa shape index (κ1) is 19.8. The molecular formula is C18H24BrN3O2S. The number of nitrogens with one attached hydrogen (secondary N) is 3. The smallest absolute Gasteiger partial charge is 0.232 e. The molecule has 0 saturated carbocycles. The minimum absolute atomic E-state index is 0.0672. The van der Waals surface area contributed by atoms with Gasteiger partial charge in [0.25, 0.3) is 0 Å². The minimum Gasteiger partial charge on any atom is -0.384 e. The van der Waals surface area contributed by atoms with Gasteiger partial charge in [0.15, 0.2) is 0 Å². The summed E-state index contributed by atoms with van der Waals surface area (Å²) in [6, 6.07) is 15.7. The van der Waals surface area contributed by atoms with Crippen molar-refractivity contribution >= 4 is 37.3 Å². The van der Waals surface area contributed by atoms with Crippen LogP contribution < -0.4 is 15.4 Å². The van der Waals surface area contributed by atoms with Crippen molar-refractivity contribution in [2.24, 2.45) is 0 Å². The van der Waals surface area contributed by atoms with Crippen LogP contribution in [0.3, 0.4) is 0 Å². The van der Waals surface area contributed by atoms with E-state index in [4.69, 9.17) is 0 Å². The van der Waals surface area contributed by atoms with E-state index in [-0.39, 0.29) is 11.8 Å². The van der Waals surface area contributed by atoms with Crippen molar-refractivity contribution in [2.45, 2.75) is 19.9 Å². The topological polar surface area (TPSA) is 70.2 Å². The summed E-state index contributed by atoms with van der Waals surface area (Å²) in [7, 11) is -3.23. The predicted molar refractivity (Wildman–Crippen MR) is 109 cm³/mol. The molecular weight excluding hydrogens is 402 g/mol. The third-order valence-corrected chi connectivity index (χ3v) is 5.59. The molecule has 3 N–H and O–H groups in total. The van der Waals surface area contributed by atoms with Crippen LogP contribution in [0.15, 0.2) is 53.0 Å². The van der Waals surface area contributed by atoms with Crippen LogP contribution in [0.4, 0.5) is 11.4 Å². The zero-order valence-electron chi connectivity index (χ0n) is 14.4. The quantitative estimate of drug-likeness (QED) is 0.531. The Kier molecular flexibility index (Phi) is 7.28. The van der Waals surface area contributed by atoms with Gasteiger partial charge in [0.2, 0.25) is 10.0 Å². The molecule has 5 nitrogen and oxygen atoms in total. The molecule has 2 rings (SSSR count). The second-order valence-electron chi connectivity index (χ2n) is 5.74. The van der Waals surface area contributed by atoms with E-state index >= 15 is 0 Å². The van der Waals surface area contributed by atoms with Crippen molar-refractivity contribution in [3.8, 4) is 0 Å². The van der Waals surface area contributed by atoms with Crippen LogP contribution in [0.5, 0.6) is 0 Å². The van der Waals surface area contributed by atoms with Crippen molar-refractivity contribution in [3.63, 3.8) is 0 Å². The molecule has 0 aromatic heterocycles. The molecule has 0 fully saturated rings. The van der Waals surface area contributed by atoms with Crippen molar-refractivity contribution in [1.82, 2.24) is 5.32 Å². The van der Waals surface area contributed by atoms with Gasteiger partial charge in [-0.2, -0.15) is 0 Å². The molecule has 2 aromatic rings. The number of benzene rings is 2. The Morgan fingerprint density at radius 1 is 1.04 bits per heavy atom. The van der Waals surface area contributed by atoms with Gasteiger partial charge < -0.3 is 10.6 Å². The SMILES string of the molecule is CCS(=O)(=O)Nc1ccc(C(C)NCCNc2cccc(Br)c2)cc1. The fourth-order valence-electron chi connectivity index (χ4n) is 2.30. The van der Waals surface area contributed by atoms with Crippen LogP contribution in [0, 0.1) is 0 Å². The number of rotatable bonds is 9. The van der Waals surface area contributed by atoms with Gasteiger partial charge in [0, 0.05) is 35.0 Å². The van der Waals surface area contributed by atoms with Gasteiger partial charge in [-0.1, -0.05) is 34.1 Å². The highest BCUT2D eigenvalue weighted by molar-refractivity contribution is 9.10. The highest BCUT2D eigenvalue weighted by atomic mass is 79.9. The summed E-state index contributed by atoms with van der Waals surface area (Å²) in [5.41, 5.74) is 2.78. The van der Waals surface area contributed by atoms with Crippen LogP contribution >= 0.6 is 15.9 Å². The van der Waals surface area contributed by atoms with Gasteiger partial charge in [-0.3, -0.25) is 4.72 Å². The number of hydrogen-bond donors (Lipinski definition) is 3. The molecule has 136 valence electrons. The molecule has 1 atom stereocenters. The first-order valence-electron chi connectivity index (χ1n) is 8.23. The Labute approximate surface area is 158 Å². The second kappa shape index (κ2) is 9.22. The van der Waals surface area contributed by atoms with Crippen molar-refractivity contribution < 1.29 is 8.42 Å². The zero-order valence-corrected chi connectivity index (χ0v) is 16.8. The summed E-state index contributed by atoms with van der Waals surface area (Å²) < 4.78 is 26.7. The Hall–Kier alpha value is -1.57. The summed E-state index contributed by atoms with van der Waals surface area (Å²) in [6.07, 6.45) is 0. The Bertz CT molecular complexity index is 779. The first-order chi connectivity index (χ1) is 11.9. The summed E-state index contributed by atoms with van der Waals surface area (Å²) in [5, 5.41) is 6.81. The van der Waals surface area contributed by atoms with Crippen molar-refractivity contribution in [1.29, 1.82) is 0 Å². The highest BCUT2D eigenvalue weighted by Crippen LogP contribution is 2.17. The number of sulfonamides is 1. The number of anilines is 2. The summed E-state index contributed by atoms with van der Waals surface area (Å²) in [6.45, 7) is 5.34. The Morgan fingerprint density at radius 2 is 1.76 bits per heavy atom. The van der Waals surface area contributed by atoms with E-state index in [1.165, 1.54) is 0 Å². The van der Waals surface area contributed by atoms with E-state index in [2.05, 4.69) is 38.2 Å². The molecule has 7 heteroatoms. The van der Waals surface area contributed by atoms with E-state index in [0.717, 1.165) is 28.8 Å². The lowest BCUT2D eigenvalue weighted by Crippen LogP contribution is -2.25. The summed E-state index contributed by atoms with van der Waals surface area (Å²) in [5.74, 6) is 0.0672. The number of hydrogen-bond acceptors (Lipinski definition) is 4. The zero-order chi connectivity index (χ0) is 18.3. The van der Waals surface area contributed by atoms with E-state index < -0.39 is 10.0 Å². The third-order valence-electron chi connectivity index (χ3n) is 3.79. The predicted octanol–water partition coefficient (Wildman–Crippen LogP) is 3.97. The normalized spacial score (nSPS) is 12.6. The molecule has 0 aliphatic heterocycles. The van der Waals surface area contributed by atoms with Crippen molar-refractivity contribution in [2.75, 3.05) is 28.9 Å². The second-order valence-corrected chi connectivity index (χ2v) is 8.67. The largest absolute Gasteiger partial charge is 0.384 e. The van der Waals surface area contributed by atoms with Crippen LogP contribution in [0.2, 0.25) is 0 Å². The molecule has 0 aliphatic carbocycles. The van der Waals surface area contributed by atoms with Gasteiger partial charge in [-0.15, -0.1) is 0 Å². The fourth-order valence-corrected chi connectivity index (χ4v) is 3.34. The average molecular weight is 426 g/mol. The van der Waals surface area contributed by atoms with Gasteiger partial charge >= 0.3 is 0 Å². The third kappa shape index (κ3) is 6.68. The molecule has 0 heterocycles. The molecule has 0 bridgehead atoms. The maximum Gasteiger partial charge on any atom is 0.232 e. The lowest BCUT2D eigenvalue weighted by molar-refractivity contribution is 0.588. The maximum absolute atomic E-state index is 11.6. The van der Waals surface area contributed by atoms with Crippen LogP contribution in [0.1, 0.15) is 25.5 Å². The maximum atomic E-state index is 11.6. The van der Waals surface area contributed by atoms with E-state index in [1.54, 1.807) is 19.1 Å². The fraction of sp³-hybridized carbons (Fsp3) is 0.333. The van der Waals surface area contributed by atoms with E-state index in [0.29, 0.717) is 5.69 Å². The first-order valence-corrected chi connectivity index (χ1v) is 10.7. The molecule has 0 spiro atoms. The lowest BCUT2D eigenvalue weighted by Gasteiger charge is -2.16. The minimum atomic E-state index is -3.23. The van der Waals surface area contributed by atoms with Gasteiger partial charge in [0.05, 0.1) is 5.75 Å². The molecule has 2 aromatic carbocycles. The summed E-state index contributed by atoms with van der Waals surface area (Å²) in [4.78, 5) is 0. The van der Waals surface area contributed by atoms with Crippen LogP contribution in [-0.2, 0) is 10.0 Å².